The van der Waals surface area contributed by atoms with Gasteiger partial charge in [0.05, 0.1) is 10.5 Å². The van der Waals surface area contributed by atoms with Gasteiger partial charge in [-0.3, -0.25) is 4.79 Å². The highest BCUT2D eigenvalue weighted by atomic mass is 79.9. The van der Waals surface area contributed by atoms with Gasteiger partial charge in [-0.25, -0.2) is 12.7 Å². The molecule has 21 heavy (non-hydrogen) atoms. The molecule has 0 saturated carbocycles. The number of halogens is 1. The first-order chi connectivity index (χ1) is 9.66. The number of sulfonamides is 1. The summed E-state index contributed by atoms with van der Waals surface area (Å²) >= 11 is 3.29. The number of benzene rings is 1. The molecule has 0 radical (unpaired) electrons. The molecule has 118 valence electrons. The molecule has 0 saturated heterocycles. The molecular weight excluding hydrogens is 356 g/mol. The van der Waals surface area contributed by atoms with E-state index >= 15 is 0 Å². The first kappa shape index (κ1) is 18.1. The van der Waals surface area contributed by atoms with Gasteiger partial charge in [-0.2, -0.15) is 0 Å². The third kappa shape index (κ3) is 4.79. The third-order valence-corrected chi connectivity index (χ3v) is 5.47. The molecule has 1 aromatic rings. The van der Waals surface area contributed by atoms with E-state index in [1.807, 2.05) is 0 Å². The predicted molar refractivity (Wildman–Crippen MR) is 86.8 cm³/mol. The number of hydrogen-bond donors (Lipinski definition) is 1. The summed E-state index contributed by atoms with van der Waals surface area (Å²) in [6.45, 7) is 4.71. The van der Waals surface area contributed by atoms with Gasteiger partial charge in [0, 0.05) is 25.1 Å². The van der Waals surface area contributed by atoms with Crippen LogP contribution in [-0.4, -0.2) is 39.3 Å². The molecule has 1 amide bonds. The Morgan fingerprint density at radius 2 is 1.95 bits per heavy atom. The van der Waals surface area contributed by atoms with Gasteiger partial charge in [-0.1, -0.05) is 13.8 Å². The summed E-state index contributed by atoms with van der Waals surface area (Å²) in [7, 11) is -0.635. The van der Waals surface area contributed by atoms with Gasteiger partial charge in [0.25, 0.3) is 5.91 Å². The molecular formula is C14H21BrN2O3S. The molecule has 1 aromatic carbocycles. The number of carbonyl (C=O) groups excluding carboxylic acids is 1. The molecule has 5 nitrogen and oxygen atoms in total. The third-order valence-electron chi connectivity index (χ3n) is 2.97. The largest absolute Gasteiger partial charge is 0.352 e. The summed E-state index contributed by atoms with van der Waals surface area (Å²) in [6, 6.07) is 4.45. The van der Waals surface area contributed by atoms with E-state index in [0.29, 0.717) is 22.5 Å². The molecule has 0 fully saturated rings. The normalized spacial score (nSPS) is 12.0. The van der Waals surface area contributed by atoms with Crippen LogP contribution in [0.3, 0.4) is 0 Å². The van der Waals surface area contributed by atoms with Crippen molar-refractivity contribution in [3.63, 3.8) is 0 Å². The lowest BCUT2D eigenvalue weighted by molar-refractivity contribution is 0.0951. The second-order valence-corrected chi connectivity index (χ2v) is 8.37. The summed E-state index contributed by atoms with van der Waals surface area (Å²) in [5.74, 6) is 0.215. The Morgan fingerprint density at radius 1 is 1.33 bits per heavy atom. The minimum Gasteiger partial charge on any atom is -0.352 e. The van der Waals surface area contributed by atoms with Crippen LogP contribution in [0.15, 0.2) is 27.6 Å². The van der Waals surface area contributed by atoms with E-state index in [9.17, 15) is 13.2 Å². The average Bonchev–Trinajstić information content (AvgIpc) is 2.38. The van der Waals surface area contributed by atoms with E-state index in [2.05, 4.69) is 35.1 Å². The zero-order valence-corrected chi connectivity index (χ0v) is 15.1. The molecule has 0 aromatic heterocycles. The lowest BCUT2D eigenvalue weighted by Crippen LogP contribution is -2.27. The zero-order chi connectivity index (χ0) is 16.2. The summed E-state index contributed by atoms with van der Waals surface area (Å²) < 4.78 is 25.9. The van der Waals surface area contributed by atoms with E-state index in [1.54, 1.807) is 6.07 Å². The van der Waals surface area contributed by atoms with Crippen LogP contribution in [0.4, 0.5) is 0 Å². The highest BCUT2D eigenvalue weighted by molar-refractivity contribution is 9.10. The number of amides is 1. The SMILES string of the molecule is CC(C)CCNC(=O)c1cc(S(=O)(=O)N(C)C)ccc1Br. The molecule has 1 N–H and O–H groups in total. The standard InChI is InChI=1S/C14H21BrN2O3S/c1-10(2)7-8-16-14(18)12-9-11(5-6-13(12)15)21(19,20)17(3)4/h5-6,9-10H,7-8H2,1-4H3,(H,16,18). The Balaban J connectivity index is 3.00. The smallest absolute Gasteiger partial charge is 0.252 e. The van der Waals surface area contributed by atoms with Crippen LogP contribution >= 0.6 is 15.9 Å². The van der Waals surface area contributed by atoms with Crippen LogP contribution in [0.5, 0.6) is 0 Å². The van der Waals surface area contributed by atoms with Crippen molar-refractivity contribution < 1.29 is 13.2 Å². The fourth-order valence-corrected chi connectivity index (χ4v) is 2.97. The molecule has 0 aliphatic carbocycles. The molecule has 0 heterocycles. The quantitative estimate of drug-likeness (QED) is 0.828. The molecule has 0 unspecified atom stereocenters. The summed E-state index contributed by atoms with van der Waals surface area (Å²) in [5.41, 5.74) is 0.321. The molecule has 7 heteroatoms. The maximum absolute atomic E-state index is 12.1. The summed E-state index contributed by atoms with van der Waals surface area (Å²) in [6.07, 6.45) is 0.874. The lowest BCUT2D eigenvalue weighted by atomic mass is 10.1. The minimum atomic E-state index is -3.55. The Hall–Kier alpha value is -0.920. The molecule has 0 bridgehead atoms. The number of rotatable bonds is 6. The molecule has 0 atom stereocenters. The van der Waals surface area contributed by atoms with Gasteiger partial charge >= 0.3 is 0 Å². The highest BCUT2D eigenvalue weighted by Crippen LogP contribution is 2.22. The van der Waals surface area contributed by atoms with Gasteiger partial charge in [0.15, 0.2) is 0 Å². The molecule has 1 rings (SSSR count). The first-order valence-electron chi connectivity index (χ1n) is 6.66. The summed E-state index contributed by atoms with van der Waals surface area (Å²) in [5, 5.41) is 2.80. The van der Waals surface area contributed by atoms with Crippen LogP contribution < -0.4 is 5.32 Å². The molecule has 0 aliphatic rings. The van der Waals surface area contributed by atoms with Gasteiger partial charge < -0.3 is 5.32 Å². The Morgan fingerprint density at radius 3 is 2.48 bits per heavy atom. The Bertz CT molecular complexity index is 613. The second kappa shape index (κ2) is 7.38. The molecule has 0 spiro atoms. The Kier molecular flexibility index (Phi) is 6.37. The maximum atomic E-state index is 12.1. The van der Waals surface area contributed by atoms with Crippen LogP contribution in [0.25, 0.3) is 0 Å². The lowest BCUT2D eigenvalue weighted by Gasteiger charge is -2.13. The van der Waals surface area contributed by atoms with Crippen LogP contribution in [0.1, 0.15) is 30.6 Å². The van der Waals surface area contributed by atoms with E-state index in [-0.39, 0.29) is 10.8 Å². The van der Waals surface area contributed by atoms with Crippen LogP contribution in [0.2, 0.25) is 0 Å². The van der Waals surface area contributed by atoms with Crippen LogP contribution in [-0.2, 0) is 10.0 Å². The van der Waals surface area contributed by atoms with Crippen LogP contribution in [0, 0.1) is 5.92 Å². The fourth-order valence-electron chi connectivity index (χ4n) is 1.62. The molecule has 0 aliphatic heterocycles. The fraction of sp³-hybridized carbons (Fsp3) is 0.500. The van der Waals surface area contributed by atoms with Crippen molar-refractivity contribution in [1.82, 2.24) is 9.62 Å². The highest BCUT2D eigenvalue weighted by Gasteiger charge is 2.20. The van der Waals surface area contributed by atoms with E-state index in [1.165, 1.54) is 26.2 Å². The van der Waals surface area contributed by atoms with Crippen molar-refractivity contribution in [1.29, 1.82) is 0 Å². The van der Waals surface area contributed by atoms with Crippen molar-refractivity contribution in [2.45, 2.75) is 25.2 Å². The van der Waals surface area contributed by atoms with Crippen molar-refractivity contribution in [3.8, 4) is 0 Å². The van der Waals surface area contributed by atoms with Gasteiger partial charge in [0.2, 0.25) is 10.0 Å². The van der Waals surface area contributed by atoms with Gasteiger partial charge in [-0.15, -0.1) is 0 Å². The van der Waals surface area contributed by atoms with Crippen molar-refractivity contribution >= 4 is 31.9 Å². The number of nitrogens with one attached hydrogen (secondary N) is 1. The predicted octanol–water partition coefficient (Wildman–Crippen LogP) is 2.48. The zero-order valence-electron chi connectivity index (χ0n) is 12.7. The van der Waals surface area contributed by atoms with Crippen molar-refractivity contribution in [3.05, 3.63) is 28.2 Å². The summed E-state index contributed by atoms with van der Waals surface area (Å²) in [4.78, 5) is 12.2. The monoisotopic (exact) mass is 376 g/mol. The van der Waals surface area contributed by atoms with Crippen molar-refractivity contribution in [2.75, 3.05) is 20.6 Å². The first-order valence-corrected chi connectivity index (χ1v) is 8.90. The average molecular weight is 377 g/mol. The van der Waals surface area contributed by atoms with Gasteiger partial charge in [-0.05, 0) is 46.5 Å². The van der Waals surface area contributed by atoms with E-state index in [0.717, 1.165) is 10.7 Å². The van der Waals surface area contributed by atoms with Crippen molar-refractivity contribution in [2.24, 2.45) is 5.92 Å². The second-order valence-electron chi connectivity index (χ2n) is 5.37. The Labute approximate surface area is 134 Å². The van der Waals surface area contributed by atoms with E-state index < -0.39 is 10.0 Å². The number of nitrogens with zero attached hydrogens (tertiary/aromatic N) is 1. The maximum Gasteiger partial charge on any atom is 0.252 e. The topological polar surface area (TPSA) is 66.5 Å². The minimum absolute atomic E-state index is 0.102. The van der Waals surface area contributed by atoms with E-state index in [4.69, 9.17) is 0 Å². The van der Waals surface area contributed by atoms with Gasteiger partial charge in [0.1, 0.15) is 0 Å². The number of carbonyl (C=O) groups is 1. The number of hydrogen-bond acceptors (Lipinski definition) is 3.